The van der Waals surface area contributed by atoms with E-state index in [4.69, 9.17) is 5.10 Å². The first-order chi connectivity index (χ1) is 41.6. The van der Waals surface area contributed by atoms with Gasteiger partial charge in [0.1, 0.15) is 5.69 Å². The molecule has 2 saturated carbocycles. The van der Waals surface area contributed by atoms with Gasteiger partial charge in [0.2, 0.25) is 0 Å². The molecule has 15 aromatic rings. The van der Waals surface area contributed by atoms with Crippen molar-refractivity contribution in [1.82, 2.24) is 14.9 Å². The van der Waals surface area contributed by atoms with Crippen molar-refractivity contribution in [2.75, 3.05) is 0 Å². The van der Waals surface area contributed by atoms with Gasteiger partial charge < -0.3 is 5.32 Å². The smallest absolute Gasteiger partial charge is 0.102 e. The van der Waals surface area contributed by atoms with Crippen LogP contribution in [0.15, 0.2) is 267 Å². The third-order valence-electron chi connectivity index (χ3n) is 18.1. The quantitative estimate of drug-likeness (QED) is 0.123. The number of hydrogen-bond donors (Lipinski definition) is 2. The fraction of sp³-hybridized carbons (Fsp3) is 0.0750. The number of hydrogen-bond acceptors (Lipinski definition) is 3. The van der Waals surface area contributed by atoms with Gasteiger partial charge in [-0.05, 0) is 153 Å². The van der Waals surface area contributed by atoms with Crippen LogP contribution >= 0.6 is 0 Å². The van der Waals surface area contributed by atoms with Crippen molar-refractivity contribution in [2.45, 2.75) is 31.6 Å². The predicted molar refractivity (Wildman–Crippen MR) is 355 cm³/mol. The van der Waals surface area contributed by atoms with E-state index in [9.17, 15) is 5.41 Å². The molecule has 0 unspecified atom stereocenters. The Morgan fingerprint density at radius 3 is 1.58 bits per heavy atom. The molecule has 0 spiro atoms. The molecule has 18 rings (SSSR count). The van der Waals surface area contributed by atoms with Crippen molar-refractivity contribution in [3.63, 3.8) is 0 Å². The summed E-state index contributed by atoms with van der Waals surface area (Å²) in [7, 11) is 0. The van der Waals surface area contributed by atoms with Gasteiger partial charge in [-0.25, -0.2) is 4.52 Å². The van der Waals surface area contributed by atoms with E-state index in [0.29, 0.717) is 17.5 Å². The highest BCUT2D eigenvalue weighted by atomic mass is 15.2. The largest absolute Gasteiger partial charge is 0.358 e. The molecular weight excluding hydrogens is 1020 g/mol. The summed E-state index contributed by atoms with van der Waals surface area (Å²) in [5.41, 5.74) is 15.3. The molecule has 0 saturated heterocycles. The summed E-state index contributed by atoms with van der Waals surface area (Å²) in [5, 5.41) is 39.1. The summed E-state index contributed by atoms with van der Waals surface area (Å²) in [5.74, 6) is 1.12. The summed E-state index contributed by atoms with van der Waals surface area (Å²) in [6, 6.07) is 94.2. The van der Waals surface area contributed by atoms with Crippen molar-refractivity contribution in [1.29, 1.82) is 5.41 Å². The van der Waals surface area contributed by atoms with Crippen LogP contribution in [-0.4, -0.2) is 15.3 Å². The standard InChI is InChI=1S/C42H28N2.C38H28N2/c1-4-12-30-26(9-1)21-23-35-33(30)15-7-17-37(35)40-41(38-18-8-16-34-31-13-5-2-10-27(31)22-24-36(34)38)43-44-39(28-19-20-28)25-29-11-3-6-14-32(29)42(40)44;39-37(34-22-27-11-3-5-13-30(27)32-15-7-8-16-33(32)34)36(29-20-17-24-9-1-2-10-26(24)21-29)38-31-14-6-4-12-28(31)23-35(40-38)25-18-19-25/h1-18,21-25,28H,19-20H2;1-17,20-23,25,39-40H,18-19H2/b;38-36-,39-37?. The second-order valence-corrected chi connectivity index (χ2v) is 23.3. The molecule has 2 aliphatic carbocycles. The van der Waals surface area contributed by atoms with Crippen LogP contribution in [-0.2, 0) is 0 Å². The second kappa shape index (κ2) is 19.4. The molecule has 0 radical (unpaired) electrons. The van der Waals surface area contributed by atoms with Gasteiger partial charge in [-0.1, -0.05) is 243 Å². The summed E-state index contributed by atoms with van der Waals surface area (Å²) in [6.07, 6.45) is 7.18. The van der Waals surface area contributed by atoms with Crippen LogP contribution in [0.5, 0.6) is 0 Å². The molecule has 4 heteroatoms. The third-order valence-corrected chi connectivity index (χ3v) is 18.1. The van der Waals surface area contributed by atoms with E-state index in [0.717, 1.165) is 44.4 Å². The van der Waals surface area contributed by atoms with E-state index >= 15 is 0 Å². The van der Waals surface area contributed by atoms with E-state index in [1.54, 1.807) is 0 Å². The molecule has 2 fully saturated rings. The molecule has 3 aliphatic rings. The van der Waals surface area contributed by atoms with E-state index in [1.807, 2.05) is 0 Å². The Bertz CT molecular complexity index is 5340. The topological polar surface area (TPSA) is 53.2 Å². The van der Waals surface area contributed by atoms with Crippen LogP contribution in [0.25, 0.3) is 131 Å². The molecule has 1 aliphatic heterocycles. The lowest BCUT2D eigenvalue weighted by Crippen LogP contribution is -2.22. The minimum absolute atomic E-state index is 0.534. The maximum Gasteiger partial charge on any atom is 0.102 e. The summed E-state index contributed by atoms with van der Waals surface area (Å²) in [4.78, 5) is 0. The maximum atomic E-state index is 9.94. The number of benzene rings is 13. The van der Waals surface area contributed by atoms with Crippen LogP contribution in [0.4, 0.5) is 0 Å². The highest BCUT2D eigenvalue weighted by Crippen LogP contribution is 2.49. The first kappa shape index (κ1) is 48.3. The van der Waals surface area contributed by atoms with E-state index in [-0.39, 0.29) is 0 Å². The van der Waals surface area contributed by atoms with Crippen LogP contribution in [0.1, 0.15) is 59.5 Å². The van der Waals surface area contributed by atoms with E-state index in [1.165, 1.54) is 140 Å². The molecule has 13 aromatic carbocycles. The average molecular weight is 1070 g/mol. The molecule has 0 atom stereocenters. The molecule has 3 heterocycles. The van der Waals surface area contributed by atoms with Gasteiger partial charge in [0.05, 0.1) is 16.9 Å². The molecule has 0 amide bonds. The minimum atomic E-state index is 0.534. The maximum absolute atomic E-state index is 9.94. The Morgan fingerprint density at radius 2 is 0.893 bits per heavy atom. The van der Waals surface area contributed by atoms with Crippen molar-refractivity contribution in [3.8, 4) is 22.4 Å². The third kappa shape index (κ3) is 7.97. The van der Waals surface area contributed by atoms with Gasteiger partial charge in [0.15, 0.2) is 0 Å². The predicted octanol–water partition coefficient (Wildman–Crippen LogP) is 20.7. The van der Waals surface area contributed by atoms with Gasteiger partial charge in [0, 0.05) is 50.5 Å². The number of nitrogens with one attached hydrogen (secondary N) is 2. The van der Waals surface area contributed by atoms with Gasteiger partial charge in [-0.15, -0.1) is 0 Å². The summed E-state index contributed by atoms with van der Waals surface area (Å²) in [6.45, 7) is 0. The first-order valence-electron chi connectivity index (χ1n) is 29.7. The normalized spacial score (nSPS) is 14.7. The molecule has 2 aromatic heterocycles. The molecule has 4 nitrogen and oxygen atoms in total. The van der Waals surface area contributed by atoms with Crippen molar-refractivity contribution < 1.29 is 0 Å². The lowest BCUT2D eigenvalue weighted by atomic mass is 9.85. The van der Waals surface area contributed by atoms with Crippen molar-refractivity contribution in [2.24, 2.45) is 5.92 Å². The molecule has 396 valence electrons. The van der Waals surface area contributed by atoms with Gasteiger partial charge >= 0.3 is 0 Å². The summed E-state index contributed by atoms with van der Waals surface area (Å²) < 4.78 is 2.30. The lowest BCUT2D eigenvalue weighted by molar-refractivity contribution is 0.866. The Kier molecular flexibility index (Phi) is 11.1. The van der Waals surface area contributed by atoms with Crippen LogP contribution < -0.4 is 5.32 Å². The number of nitrogens with zero attached hydrogens (tertiary/aromatic N) is 2. The van der Waals surface area contributed by atoms with E-state index < -0.39 is 0 Å². The molecule has 0 bridgehead atoms. The first-order valence-corrected chi connectivity index (χ1v) is 29.7. The Balaban J connectivity index is 0.000000133. The Labute approximate surface area is 486 Å². The van der Waals surface area contributed by atoms with Gasteiger partial charge in [-0.2, -0.15) is 5.10 Å². The van der Waals surface area contributed by atoms with E-state index in [2.05, 4.69) is 277 Å². The highest BCUT2D eigenvalue weighted by molar-refractivity contribution is 6.39. The van der Waals surface area contributed by atoms with Crippen molar-refractivity contribution >= 4 is 115 Å². The van der Waals surface area contributed by atoms with Crippen LogP contribution in [0.3, 0.4) is 0 Å². The molecule has 84 heavy (non-hydrogen) atoms. The van der Waals surface area contributed by atoms with Crippen molar-refractivity contribution in [3.05, 3.63) is 294 Å². The Hall–Kier alpha value is -10.4. The molecule has 2 N–H and O–H groups in total. The van der Waals surface area contributed by atoms with Crippen LogP contribution in [0.2, 0.25) is 0 Å². The number of fused-ring (bicyclic) bond motifs is 14. The monoisotopic (exact) mass is 1070 g/mol. The zero-order valence-electron chi connectivity index (χ0n) is 46.3. The van der Waals surface area contributed by atoms with Gasteiger partial charge in [0.25, 0.3) is 0 Å². The Morgan fingerprint density at radius 1 is 0.393 bits per heavy atom. The number of pyridine rings is 1. The van der Waals surface area contributed by atoms with Gasteiger partial charge in [-0.3, -0.25) is 5.41 Å². The fourth-order valence-corrected chi connectivity index (χ4v) is 13.8. The lowest BCUT2D eigenvalue weighted by Gasteiger charge is -2.26. The average Bonchev–Trinajstić information content (AvgIpc) is 2.35. The second-order valence-electron chi connectivity index (χ2n) is 23.3. The number of allylic oxidation sites excluding steroid dienone is 2. The summed E-state index contributed by atoms with van der Waals surface area (Å²) >= 11 is 0. The SMILES string of the molecule is N=C(/C(=C1\NC(C2CC2)=Cc2ccccc21)c1ccc2ccccc2c1)c1cc2ccccc2c2ccccc12.c1ccc2c(c1)ccc1c(-c3nn4c(C5CC5)cc5ccccc5c4c3-c3cccc4c3ccc3ccccc34)cccc12. The zero-order chi connectivity index (χ0) is 55.4. The zero-order valence-corrected chi connectivity index (χ0v) is 46.3. The molecular formula is C80H56N4. The minimum Gasteiger partial charge on any atom is -0.358 e. The number of rotatable bonds is 7. The fourth-order valence-electron chi connectivity index (χ4n) is 13.8. The van der Waals surface area contributed by atoms with Crippen LogP contribution in [0, 0.1) is 11.3 Å². The highest BCUT2D eigenvalue weighted by Gasteiger charge is 2.33. The number of aromatic nitrogens is 2.